The first kappa shape index (κ1) is 32.5. The van der Waals surface area contributed by atoms with Crippen molar-refractivity contribution < 1.29 is 34.2 Å². The van der Waals surface area contributed by atoms with Crippen molar-refractivity contribution in [3.63, 3.8) is 0 Å². The van der Waals surface area contributed by atoms with E-state index < -0.39 is 66.3 Å². The van der Waals surface area contributed by atoms with Crippen molar-refractivity contribution in [1.82, 2.24) is 16.0 Å². The molecular formula is C20H39N9O7. The molecule has 0 fully saturated rings. The molecule has 0 heterocycles. The quantitative estimate of drug-likeness (QED) is 0.0467. The molecule has 0 saturated carbocycles. The largest absolute Gasteiger partial charge is 0.480 e. The van der Waals surface area contributed by atoms with Gasteiger partial charge in [0, 0.05) is 6.54 Å². The molecule has 0 spiro atoms. The van der Waals surface area contributed by atoms with Crippen LogP contribution in [-0.4, -0.2) is 89.1 Å². The number of nitrogens with one attached hydrogen (secondary N) is 3. The third-order valence-electron chi connectivity index (χ3n) is 4.97. The summed E-state index contributed by atoms with van der Waals surface area (Å²) in [6, 6.07) is -5.34. The number of unbranched alkanes of at least 4 members (excludes halogenated alkanes) is 1. The van der Waals surface area contributed by atoms with Crippen molar-refractivity contribution in [2.75, 3.05) is 13.1 Å². The smallest absolute Gasteiger partial charge is 0.326 e. The molecule has 206 valence electrons. The van der Waals surface area contributed by atoms with Crippen molar-refractivity contribution in [1.29, 1.82) is 0 Å². The predicted octanol–water partition coefficient (Wildman–Crippen LogP) is -4.71. The van der Waals surface area contributed by atoms with Gasteiger partial charge >= 0.3 is 5.97 Å². The maximum Gasteiger partial charge on any atom is 0.326 e. The molecule has 16 heteroatoms. The van der Waals surface area contributed by atoms with Gasteiger partial charge in [0.1, 0.15) is 18.1 Å². The molecule has 16 nitrogen and oxygen atoms in total. The Bertz CT molecular complexity index is 787. The number of carboxylic acids is 1. The molecule has 0 aromatic rings. The van der Waals surface area contributed by atoms with Gasteiger partial charge in [-0.1, -0.05) is 0 Å². The van der Waals surface area contributed by atoms with Gasteiger partial charge < -0.3 is 54.8 Å². The zero-order valence-electron chi connectivity index (χ0n) is 20.3. The third kappa shape index (κ3) is 13.4. The van der Waals surface area contributed by atoms with Gasteiger partial charge in [-0.15, -0.1) is 0 Å². The van der Waals surface area contributed by atoms with Crippen LogP contribution in [-0.2, 0) is 24.0 Å². The van der Waals surface area contributed by atoms with E-state index in [1.165, 1.54) is 6.92 Å². The number of aliphatic imine (C=N–C) groups is 1. The van der Waals surface area contributed by atoms with Crippen molar-refractivity contribution >= 4 is 35.6 Å². The number of hydrogen-bond donors (Lipinski definition) is 10. The number of primary amides is 1. The van der Waals surface area contributed by atoms with Crippen LogP contribution >= 0.6 is 0 Å². The van der Waals surface area contributed by atoms with E-state index in [1.807, 2.05) is 0 Å². The number of carboxylic acid groups (broad SMARTS) is 1. The van der Waals surface area contributed by atoms with Gasteiger partial charge in [0.2, 0.25) is 23.6 Å². The van der Waals surface area contributed by atoms with Gasteiger partial charge in [-0.25, -0.2) is 4.79 Å². The highest BCUT2D eigenvalue weighted by atomic mass is 16.4. The molecule has 36 heavy (non-hydrogen) atoms. The van der Waals surface area contributed by atoms with Crippen LogP contribution in [0, 0.1) is 0 Å². The second kappa shape index (κ2) is 17.0. The standard InChI is InChI=1S/C20H39N9O7/c1-10(30)15(18(34)28-13(19(35)36)9-14(23)31)29-17(33)12(6-2-3-7-21)27-16(32)11(22)5-4-8-26-20(24)25/h10-13,15,30H,2-9,21-22H2,1H3,(H2,23,31)(H,27,32)(H,28,34)(H,29,33)(H,35,36)(H4,24,25,26). The molecule has 0 aliphatic carbocycles. The minimum Gasteiger partial charge on any atom is -0.480 e. The lowest BCUT2D eigenvalue weighted by Crippen LogP contribution is -2.60. The number of aliphatic hydroxyl groups is 1. The van der Waals surface area contributed by atoms with Gasteiger partial charge in [-0.05, 0) is 45.6 Å². The SMILES string of the molecule is CC(O)C(NC(=O)C(CCCCN)NC(=O)C(N)CCCN=C(N)N)C(=O)NC(CC(N)=O)C(=O)O. The Labute approximate surface area is 208 Å². The second-order valence-electron chi connectivity index (χ2n) is 8.20. The summed E-state index contributed by atoms with van der Waals surface area (Å²) in [6.45, 7) is 1.81. The molecule has 0 aliphatic rings. The summed E-state index contributed by atoms with van der Waals surface area (Å²) in [7, 11) is 0. The molecule has 5 unspecified atom stereocenters. The summed E-state index contributed by atoms with van der Waals surface area (Å²) >= 11 is 0. The zero-order valence-corrected chi connectivity index (χ0v) is 20.3. The fraction of sp³-hybridized carbons (Fsp3) is 0.700. The van der Waals surface area contributed by atoms with Crippen molar-refractivity contribution in [2.45, 2.75) is 75.7 Å². The Balaban J connectivity index is 5.37. The number of aliphatic hydroxyl groups excluding tert-OH is 1. The van der Waals surface area contributed by atoms with Crippen LogP contribution in [0.1, 0.15) is 45.4 Å². The molecule has 0 aliphatic heterocycles. The number of guanidine groups is 1. The summed E-state index contributed by atoms with van der Waals surface area (Å²) in [5.74, 6) is -5.09. The van der Waals surface area contributed by atoms with E-state index >= 15 is 0 Å². The first-order chi connectivity index (χ1) is 16.8. The summed E-state index contributed by atoms with van der Waals surface area (Å²) in [5, 5.41) is 26.1. The molecule has 0 rings (SSSR count). The highest BCUT2D eigenvalue weighted by Gasteiger charge is 2.33. The maximum atomic E-state index is 12.9. The van der Waals surface area contributed by atoms with Crippen molar-refractivity contribution in [3.8, 4) is 0 Å². The normalized spacial score (nSPS) is 14.9. The average molecular weight is 518 g/mol. The Kier molecular flexibility index (Phi) is 15.4. The summed E-state index contributed by atoms with van der Waals surface area (Å²) in [4.78, 5) is 64.2. The Morgan fingerprint density at radius 3 is 1.97 bits per heavy atom. The predicted molar refractivity (Wildman–Crippen MR) is 130 cm³/mol. The van der Waals surface area contributed by atoms with E-state index in [4.69, 9.17) is 28.7 Å². The summed E-state index contributed by atoms with van der Waals surface area (Å²) in [5.41, 5.74) is 26.8. The highest BCUT2D eigenvalue weighted by Crippen LogP contribution is 2.05. The molecule has 0 bridgehead atoms. The monoisotopic (exact) mass is 517 g/mol. The Morgan fingerprint density at radius 1 is 0.861 bits per heavy atom. The number of amides is 4. The van der Waals surface area contributed by atoms with Crippen LogP contribution < -0.4 is 44.6 Å². The van der Waals surface area contributed by atoms with E-state index in [1.54, 1.807) is 0 Å². The third-order valence-corrected chi connectivity index (χ3v) is 4.97. The van der Waals surface area contributed by atoms with Crippen LogP contribution in [0.2, 0.25) is 0 Å². The number of rotatable bonds is 18. The zero-order chi connectivity index (χ0) is 27.8. The van der Waals surface area contributed by atoms with Crippen LogP contribution in [0.15, 0.2) is 4.99 Å². The van der Waals surface area contributed by atoms with Gasteiger partial charge in [-0.2, -0.15) is 0 Å². The number of nitrogens with zero attached hydrogens (tertiary/aromatic N) is 1. The summed E-state index contributed by atoms with van der Waals surface area (Å²) in [6.07, 6.45) is -0.331. The van der Waals surface area contributed by atoms with Crippen LogP contribution in [0.4, 0.5) is 0 Å². The molecule has 4 amide bonds. The van der Waals surface area contributed by atoms with E-state index in [0.717, 1.165) is 0 Å². The molecule has 0 aromatic heterocycles. The Morgan fingerprint density at radius 2 is 1.47 bits per heavy atom. The summed E-state index contributed by atoms with van der Waals surface area (Å²) < 4.78 is 0. The van der Waals surface area contributed by atoms with Crippen molar-refractivity contribution in [3.05, 3.63) is 0 Å². The van der Waals surface area contributed by atoms with Gasteiger partial charge in [0.15, 0.2) is 5.96 Å². The van der Waals surface area contributed by atoms with E-state index in [-0.39, 0.29) is 25.3 Å². The number of nitrogens with two attached hydrogens (primary N) is 5. The molecule has 15 N–H and O–H groups in total. The topological polar surface area (TPSA) is 304 Å². The molecule has 0 radical (unpaired) electrons. The van der Waals surface area contributed by atoms with Crippen LogP contribution in [0.5, 0.6) is 0 Å². The first-order valence-corrected chi connectivity index (χ1v) is 11.4. The Hall–Kier alpha value is -3.50. The number of carbonyl (C=O) groups is 5. The molecule has 5 atom stereocenters. The molecule has 0 aromatic carbocycles. The van der Waals surface area contributed by atoms with Gasteiger partial charge in [0.05, 0.1) is 18.6 Å². The van der Waals surface area contributed by atoms with Crippen molar-refractivity contribution in [2.24, 2.45) is 33.7 Å². The van der Waals surface area contributed by atoms with E-state index in [9.17, 15) is 34.2 Å². The number of hydrogen-bond acceptors (Lipinski definition) is 9. The second-order valence-corrected chi connectivity index (χ2v) is 8.20. The minimum absolute atomic E-state index is 0.0920. The first-order valence-electron chi connectivity index (χ1n) is 11.4. The lowest BCUT2D eigenvalue weighted by Gasteiger charge is -2.26. The lowest BCUT2D eigenvalue weighted by molar-refractivity contribution is -0.144. The average Bonchev–Trinajstić information content (AvgIpc) is 2.77. The van der Waals surface area contributed by atoms with E-state index in [2.05, 4.69) is 20.9 Å². The molecule has 0 saturated heterocycles. The van der Waals surface area contributed by atoms with Gasteiger partial charge in [-0.3, -0.25) is 24.2 Å². The highest BCUT2D eigenvalue weighted by molar-refractivity contribution is 5.95. The van der Waals surface area contributed by atoms with Crippen LogP contribution in [0.3, 0.4) is 0 Å². The fourth-order valence-electron chi connectivity index (χ4n) is 3.01. The minimum atomic E-state index is -1.66. The van der Waals surface area contributed by atoms with Crippen LogP contribution in [0.25, 0.3) is 0 Å². The lowest BCUT2D eigenvalue weighted by atomic mass is 10.0. The van der Waals surface area contributed by atoms with E-state index in [0.29, 0.717) is 25.8 Å². The number of aliphatic carboxylic acids is 1. The number of carbonyl (C=O) groups excluding carboxylic acids is 4. The maximum absolute atomic E-state index is 12.9. The van der Waals surface area contributed by atoms with Gasteiger partial charge in [0.25, 0.3) is 0 Å². The fourth-order valence-corrected chi connectivity index (χ4v) is 3.01. The molecular weight excluding hydrogens is 478 g/mol.